The van der Waals surface area contributed by atoms with E-state index in [1.54, 1.807) is 17.0 Å². The van der Waals surface area contributed by atoms with Gasteiger partial charge in [-0.2, -0.15) is 18.2 Å². The second-order valence-electron chi connectivity index (χ2n) is 8.99. The summed E-state index contributed by atoms with van der Waals surface area (Å²) in [5, 5.41) is 12.6. The van der Waals surface area contributed by atoms with E-state index >= 15 is 0 Å². The van der Waals surface area contributed by atoms with Crippen LogP contribution in [0.3, 0.4) is 0 Å². The quantitative estimate of drug-likeness (QED) is 0.426. The number of carboxylic acids is 1. The lowest BCUT2D eigenvalue weighted by atomic mass is 10.1. The van der Waals surface area contributed by atoms with Crippen molar-refractivity contribution in [3.8, 4) is 5.75 Å². The number of benzene rings is 1. The van der Waals surface area contributed by atoms with Gasteiger partial charge in [0.25, 0.3) is 0 Å². The van der Waals surface area contributed by atoms with Gasteiger partial charge in [-0.05, 0) is 45.4 Å². The standard InChI is InChI=1S/C25H33F3N6O5/c1-7-33(8-2)23-29-14-19(34(15(3)4)22(37)25(26,27)28)20(31-23)30-18(21(35)36)13-16-9-11-17(12-10-16)39-24(38)32(5)6/h9-12,14-15,18H,7-8,13H2,1-6H3,(H,35,36)(H,29,30,31). The first-order valence-corrected chi connectivity index (χ1v) is 12.2. The maximum absolute atomic E-state index is 13.4. The molecule has 0 aliphatic rings. The molecule has 2 amide bonds. The minimum Gasteiger partial charge on any atom is -0.480 e. The molecule has 0 fully saturated rings. The third-order valence-electron chi connectivity index (χ3n) is 5.58. The van der Waals surface area contributed by atoms with E-state index in [-0.39, 0.29) is 29.6 Å². The molecule has 0 spiro atoms. The van der Waals surface area contributed by atoms with Crippen LogP contribution in [-0.4, -0.2) is 83.4 Å². The van der Waals surface area contributed by atoms with Gasteiger partial charge in [0.2, 0.25) is 5.95 Å². The number of nitrogens with zero attached hydrogens (tertiary/aromatic N) is 5. The first-order chi connectivity index (χ1) is 18.2. The largest absolute Gasteiger partial charge is 0.480 e. The van der Waals surface area contributed by atoms with Crippen LogP contribution in [0.1, 0.15) is 33.3 Å². The monoisotopic (exact) mass is 554 g/mol. The molecule has 2 aromatic rings. The van der Waals surface area contributed by atoms with E-state index in [0.29, 0.717) is 23.6 Å². The predicted octanol–water partition coefficient (Wildman–Crippen LogP) is 3.79. The number of alkyl halides is 3. The van der Waals surface area contributed by atoms with Gasteiger partial charge in [0.1, 0.15) is 17.5 Å². The summed E-state index contributed by atoms with van der Waals surface area (Å²) in [6.07, 6.45) is -4.78. The van der Waals surface area contributed by atoms with Gasteiger partial charge in [0.05, 0.1) is 6.20 Å². The van der Waals surface area contributed by atoms with Crippen LogP contribution in [0.4, 0.5) is 35.4 Å². The van der Waals surface area contributed by atoms with Crippen molar-refractivity contribution in [1.82, 2.24) is 14.9 Å². The number of ether oxygens (including phenoxy) is 1. The van der Waals surface area contributed by atoms with Crippen molar-refractivity contribution in [3.05, 3.63) is 36.0 Å². The normalized spacial score (nSPS) is 12.1. The van der Waals surface area contributed by atoms with Crippen molar-refractivity contribution >= 4 is 35.4 Å². The Morgan fingerprint density at radius 3 is 2.13 bits per heavy atom. The van der Waals surface area contributed by atoms with Crippen LogP contribution >= 0.6 is 0 Å². The lowest BCUT2D eigenvalue weighted by Crippen LogP contribution is -2.46. The summed E-state index contributed by atoms with van der Waals surface area (Å²) in [6.45, 7) is 7.42. The van der Waals surface area contributed by atoms with Crippen molar-refractivity contribution in [2.75, 3.05) is 42.3 Å². The second-order valence-corrected chi connectivity index (χ2v) is 8.99. The molecule has 2 rings (SSSR count). The molecule has 1 aromatic heterocycles. The van der Waals surface area contributed by atoms with E-state index in [1.807, 2.05) is 13.8 Å². The van der Waals surface area contributed by atoms with Gasteiger partial charge in [-0.15, -0.1) is 0 Å². The Balaban J connectivity index is 2.48. The zero-order valence-corrected chi connectivity index (χ0v) is 22.6. The SMILES string of the molecule is CCN(CC)c1ncc(N(C(=O)C(F)(F)F)C(C)C)c(NC(Cc2ccc(OC(=O)N(C)C)cc2)C(=O)O)n1. The number of nitrogens with one attached hydrogen (secondary N) is 1. The highest BCUT2D eigenvalue weighted by Gasteiger charge is 2.45. The number of carbonyl (C=O) groups is 3. The van der Waals surface area contributed by atoms with Gasteiger partial charge in [-0.1, -0.05) is 12.1 Å². The van der Waals surface area contributed by atoms with E-state index in [2.05, 4.69) is 15.3 Å². The highest BCUT2D eigenvalue weighted by atomic mass is 19.4. The number of amides is 2. The fourth-order valence-electron chi connectivity index (χ4n) is 3.55. The van der Waals surface area contributed by atoms with E-state index in [1.165, 1.54) is 45.0 Å². The Morgan fingerprint density at radius 2 is 1.67 bits per heavy atom. The van der Waals surface area contributed by atoms with Crippen LogP contribution in [0.2, 0.25) is 0 Å². The van der Waals surface area contributed by atoms with Crippen LogP contribution < -0.4 is 19.9 Å². The third kappa shape index (κ3) is 8.19. The lowest BCUT2D eigenvalue weighted by Gasteiger charge is -2.30. The van der Waals surface area contributed by atoms with Crippen LogP contribution in [0, 0.1) is 0 Å². The summed E-state index contributed by atoms with van der Waals surface area (Å²) < 4.78 is 45.5. The van der Waals surface area contributed by atoms with Crippen LogP contribution in [-0.2, 0) is 16.0 Å². The molecule has 1 unspecified atom stereocenters. The molecule has 0 saturated heterocycles. The van der Waals surface area contributed by atoms with Crippen molar-refractivity contribution in [1.29, 1.82) is 0 Å². The fourth-order valence-corrected chi connectivity index (χ4v) is 3.55. The lowest BCUT2D eigenvalue weighted by molar-refractivity contribution is -0.170. The molecule has 14 heteroatoms. The van der Waals surface area contributed by atoms with Crippen molar-refractivity contribution < 1.29 is 37.4 Å². The molecule has 0 aliphatic carbocycles. The number of hydrogen-bond donors (Lipinski definition) is 2. The van der Waals surface area contributed by atoms with Crippen LogP contribution in [0.15, 0.2) is 30.5 Å². The number of aliphatic carboxylic acids is 1. The molecule has 1 heterocycles. The number of halogens is 3. The molecule has 0 saturated carbocycles. The molecule has 1 aromatic carbocycles. The predicted molar refractivity (Wildman–Crippen MR) is 139 cm³/mol. The molecule has 1 atom stereocenters. The third-order valence-corrected chi connectivity index (χ3v) is 5.58. The van der Waals surface area contributed by atoms with Gasteiger partial charge < -0.3 is 25.0 Å². The van der Waals surface area contributed by atoms with Crippen molar-refractivity contribution in [2.24, 2.45) is 0 Å². The summed E-state index contributed by atoms with van der Waals surface area (Å²) >= 11 is 0. The Bertz CT molecular complexity index is 1150. The summed E-state index contributed by atoms with van der Waals surface area (Å²) in [4.78, 5) is 48.2. The molecule has 0 bridgehead atoms. The van der Waals surface area contributed by atoms with Gasteiger partial charge in [-0.3, -0.25) is 9.69 Å². The fraction of sp³-hybridized carbons (Fsp3) is 0.480. The molecular formula is C25H33F3N6O5. The Labute approximate surface area is 224 Å². The van der Waals surface area contributed by atoms with E-state index in [0.717, 1.165) is 6.20 Å². The van der Waals surface area contributed by atoms with Gasteiger partial charge in [-0.25, -0.2) is 14.6 Å². The number of aromatic nitrogens is 2. The molecule has 0 aliphatic heterocycles. The Hall–Kier alpha value is -4.10. The molecule has 214 valence electrons. The minimum atomic E-state index is -5.18. The first kappa shape index (κ1) is 31.1. The molecule has 2 N–H and O–H groups in total. The molecule has 39 heavy (non-hydrogen) atoms. The van der Waals surface area contributed by atoms with Gasteiger partial charge in [0, 0.05) is 39.6 Å². The van der Waals surface area contributed by atoms with Gasteiger partial charge in [0.15, 0.2) is 5.82 Å². The number of carbonyl (C=O) groups excluding carboxylic acids is 2. The van der Waals surface area contributed by atoms with Crippen LogP contribution in [0.25, 0.3) is 0 Å². The second kappa shape index (κ2) is 13.1. The average molecular weight is 555 g/mol. The number of hydrogen-bond acceptors (Lipinski definition) is 8. The topological polar surface area (TPSA) is 128 Å². The number of carboxylic acid groups (broad SMARTS) is 1. The molecule has 11 nitrogen and oxygen atoms in total. The Kier molecular flexibility index (Phi) is 10.5. The zero-order valence-electron chi connectivity index (χ0n) is 22.6. The van der Waals surface area contributed by atoms with E-state index < -0.39 is 36.2 Å². The van der Waals surface area contributed by atoms with Crippen molar-refractivity contribution in [3.63, 3.8) is 0 Å². The van der Waals surface area contributed by atoms with Crippen molar-refractivity contribution in [2.45, 2.75) is 52.4 Å². The van der Waals surface area contributed by atoms with E-state index in [4.69, 9.17) is 4.74 Å². The summed E-state index contributed by atoms with van der Waals surface area (Å²) in [6, 6.07) is 3.83. The zero-order chi connectivity index (χ0) is 29.5. The average Bonchev–Trinajstić information content (AvgIpc) is 2.85. The van der Waals surface area contributed by atoms with Crippen LogP contribution in [0.5, 0.6) is 5.75 Å². The maximum atomic E-state index is 13.4. The molecular weight excluding hydrogens is 521 g/mol. The minimum absolute atomic E-state index is 0.101. The smallest absolute Gasteiger partial charge is 0.471 e. The highest BCUT2D eigenvalue weighted by molar-refractivity contribution is 6.00. The number of anilines is 3. The Morgan fingerprint density at radius 1 is 1.08 bits per heavy atom. The summed E-state index contributed by atoms with van der Waals surface area (Å²) in [7, 11) is 3.05. The first-order valence-electron chi connectivity index (χ1n) is 12.2. The number of rotatable bonds is 11. The maximum Gasteiger partial charge on any atom is 0.471 e. The van der Waals surface area contributed by atoms with Gasteiger partial charge >= 0.3 is 24.1 Å². The highest BCUT2D eigenvalue weighted by Crippen LogP contribution is 2.32. The van der Waals surface area contributed by atoms with E-state index in [9.17, 15) is 32.7 Å². The molecule has 0 radical (unpaired) electrons. The summed E-state index contributed by atoms with van der Waals surface area (Å²) in [5.74, 6) is -3.26. The summed E-state index contributed by atoms with van der Waals surface area (Å²) in [5.41, 5.74) is 0.228.